The first-order chi connectivity index (χ1) is 13.2. The molecule has 0 spiro atoms. The summed E-state index contributed by atoms with van der Waals surface area (Å²) in [5.74, 6) is -0.0446. The summed E-state index contributed by atoms with van der Waals surface area (Å²) in [7, 11) is 0. The van der Waals surface area contributed by atoms with Crippen molar-refractivity contribution in [3.05, 3.63) is 126 Å². The molecule has 0 aliphatic carbocycles. The molecular formula is C23H21ClN4. The van der Waals surface area contributed by atoms with Crippen LogP contribution in [0.4, 0.5) is 0 Å². The predicted octanol–water partition coefficient (Wildman–Crippen LogP) is 4.43. The summed E-state index contributed by atoms with van der Waals surface area (Å²) in [5, 5.41) is 7.77. The van der Waals surface area contributed by atoms with Gasteiger partial charge < -0.3 is 10.3 Å². The highest BCUT2D eigenvalue weighted by molar-refractivity contribution is 5.92. The molecule has 0 fully saturated rings. The summed E-state index contributed by atoms with van der Waals surface area (Å²) in [5.41, 5.74) is 8.85. The average Bonchev–Trinajstić information content (AvgIpc) is 3.22. The summed E-state index contributed by atoms with van der Waals surface area (Å²) in [6.07, 6.45) is 3.60. The maximum absolute atomic E-state index is 7.77. The zero-order valence-electron chi connectivity index (χ0n) is 15.2. The maximum atomic E-state index is 7.77. The summed E-state index contributed by atoms with van der Waals surface area (Å²) in [6.45, 7) is 0. The van der Waals surface area contributed by atoms with Gasteiger partial charge >= 0.3 is 0 Å². The predicted molar refractivity (Wildman–Crippen MR) is 115 cm³/mol. The summed E-state index contributed by atoms with van der Waals surface area (Å²) >= 11 is 0. The van der Waals surface area contributed by atoms with Gasteiger partial charge in [0.2, 0.25) is 0 Å². The van der Waals surface area contributed by atoms with Crippen molar-refractivity contribution in [2.24, 2.45) is 5.73 Å². The van der Waals surface area contributed by atoms with E-state index in [-0.39, 0.29) is 18.2 Å². The van der Waals surface area contributed by atoms with Crippen LogP contribution < -0.4 is 5.73 Å². The first kappa shape index (κ1) is 19.4. The standard InChI is InChI=1S/C23H20N4.ClH/c24-22(25)21-16-27(17-26-21)23(18-10-4-1-5-11-18,19-12-6-2-7-13-19)20-14-8-3-9-15-20;/h1-17H,(H3,24,25);1H. The number of aromatic nitrogens is 2. The number of benzene rings is 3. The smallest absolute Gasteiger partial charge is 0.143 e. The van der Waals surface area contributed by atoms with E-state index in [0.29, 0.717) is 5.69 Å². The molecule has 4 nitrogen and oxygen atoms in total. The molecule has 0 amide bonds. The van der Waals surface area contributed by atoms with Gasteiger partial charge in [-0.05, 0) is 16.7 Å². The van der Waals surface area contributed by atoms with Crippen LogP contribution in [0, 0.1) is 5.41 Å². The normalized spacial score (nSPS) is 10.9. The van der Waals surface area contributed by atoms with E-state index >= 15 is 0 Å². The second-order valence-corrected chi connectivity index (χ2v) is 6.39. The van der Waals surface area contributed by atoms with Gasteiger partial charge in [0.25, 0.3) is 0 Å². The lowest BCUT2D eigenvalue weighted by Crippen LogP contribution is -2.37. The van der Waals surface area contributed by atoms with Crippen LogP contribution >= 0.6 is 12.4 Å². The second kappa shape index (κ2) is 8.11. The van der Waals surface area contributed by atoms with E-state index in [2.05, 4.69) is 41.4 Å². The third kappa shape index (κ3) is 3.19. The minimum atomic E-state index is -0.621. The lowest BCUT2D eigenvalue weighted by atomic mass is 9.77. The first-order valence-electron chi connectivity index (χ1n) is 8.78. The summed E-state index contributed by atoms with van der Waals surface area (Å²) in [6, 6.07) is 31.0. The van der Waals surface area contributed by atoms with Crippen molar-refractivity contribution in [3.8, 4) is 0 Å². The fourth-order valence-corrected chi connectivity index (χ4v) is 3.63. The molecule has 1 heterocycles. The molecule has 1 aromatic heterocycles. The van der Waals surface area contributed by atoms with Crippen molar-refractivity contribution in [1.29, 1.82) is 5.41 Å². The van der Waals surface area contributed by atoms with E-state index in [1.165, 1.54) is 0 Å². The van der Waals surface area contributed by atoms with Crippen LogP contribution in [0.1, 0.15) is 22.4 Å². The van der Waals surface area contributed by atoms with E-state index in [9.17, 15) is 0 Å². The Morgan fingerprint density at radius 3 is 1.46 bits per heavy atom. The first-order valence-corrected chi connectivity index (χ1v) is 8.78. The molecule has 0 aliphatic rings. The van der Waals surface area contributed by atoms with Crippen molar-refractivity contribution < 1.29 is 0 Å². The van der Waals surface area contributed by atoms with E-state index < -0.39 is 5.54 Å². The fraction of sp³-hybridized carbons (Fsp3) is 0.0435. The third-order valence-corrected chi connectivity index (χ3v) is 4.82. The maximum Gasteiger partial charge on any atom is 0.143 e. The van der Waals surface area contributed by atoms with Crippen molar-refractivity contribution in [2.45, 2.75) is 5.54 Å². The Balaban J connectivity index is 0.00000225. The third-order valence-electron chi connectivity index (χ3n) is 4.82. The fourth-order valence-electron chi connectivity index (χ4n) is 3.63. The molecular weight excluding hydrogens is 368 g/mol. The quantitative estimate of drug-likeness (QED) is 0.301. The van der Waals surface area contributed by atoms with Crippen LogP contribution in [0.15, 0.2) is 104 Å². The van der Waals surface area contributed by atoms with Gasteiger partial charge in [-0.3, -0.25) is 5.41 Å². The largest absolute Gasteiger partial charge is 0.382 e. The number of hydrogen-bond donors (Lipinski definition) is 2. The minimum absolute atomic E-state index is 0. The highest BCUT2D eigenvalue weighted by Gasteiger charge is 2.38. The molecule has 0 saturated carbocycles. The lowest BCUT2D eigenvalue weighted by Gasteiger charge is -2.37. The van der Waals surface area contributed by atoms with Gasteiger partial charge in [0, 0.05) is 6.20 Å². The molecule has 0 bridgehead atoms. The molecule has 4 rings (SSSR count). The van der Waals surface area contributed by atoms with Gasteiger partial charge in [-0.1, -0.05) is 91.0 Å². The van der Waals surface area contributed by atoms with E-state index in [4.69, 9.17) is 11.1 Å². The molecule has 0 unspecified atom stereocenters. The van der Waals surface area contributed by atoms with Crippen LogP contribution in [0.3, 0.4) is 0 Å². The second-order valence-electron chi connectivity index (χ2n) is 6.39. The van der Waals surface area contributed by atoms with E-state index in [1.54, 1.807) is 6.33 Å². The van der Waals surface area contributed by atoms with Crippen LogP contribution in [0.25, 0.3) is 0 Å². The SMILES string of the molecule is Cl.N=C(N)c1cn(C(c2ccccc2)(c2ccccc2)c2ccccc2)cn1. The Morgan fingerprint density at radius 1 is 0.750 bits per heavy atom. The minimum Gasteiger partial charge on any atom is -0.382 e. The van der Waals surface area contributed by atoms with Gasteiger partial charge in [0.15, 0.2) is 0 Å². The molecule has 5 heteroatoms. The summed E-state index contributed by atoms with van der Waals surface area (Å²) < 4.78 is 2.05. The number of nitrogens with one attached hydrogen (secondary N) is 1. The molecule has 0 radical (unpaired) electrons. The Hall–Kier alpha value is -3.37. The molecule has 0 aliphatic heterocycles. The van der Waals surface area contributed by atoms with Crippen LogP contribution in [-0.4, -0.2) is 15.4 Å². The van der Waals surface area contributed by atoms with Crippen molar-refractivity contribution >= 4 is 18.2 Å². The molecule has 4 aromatic rings. The monoisotopic (exact) mass is 388 g/mol. The molecule has 140 valence electrons. The Bertz CT molecular complexity index is 947. The van der Waals surface area contributed by atoms with Crippen molar-refractivity contribution in [1.82, 2.24) is 9.55 Å². The number of rotatable bonds is 5. The van der Waals surface area contributed by atoms with Gasteiger partial charge in [0.05, 0.1) is 6.33 Å². The zero-order chi connectivity index (χ0) is 18.7. The lowest BCUT2D eigenvalue weighted by molar-refractivity contribution is 0.514. The summed E-state index contributed by atoms with van der Waals surface area (Å²) in [4.78, 5) is 4.37. The molecule has 0 atom stereocenters. The number of hydrogen-bond acceptors (Lipinski definition) is 2. The van der Waals surface area contributed by atoms with Crippen LogP contribution in [-0.2, 0) is 5.54 Å². The highest BCUT2D eigenvalue weighted by atomic mass is 35.5. The number of nitrogens with two attached hydrogens (primary N) is 1. The van der Waals surface area contributed by atoms with E-state index in [0.717, 1.165) is 16.7 Å². The topological polar surface area (TPSA) is 67.7 Å². The number of halogens is 1. The Kier molecular flexibility index (Phi) is 5.62. The van der Waals surface area contributed by atoms with Crippen LogP contribution in [0.5, 0.6) is 0 Å². The molecule has 3 aromatic carbocycles. The van der Waals surface area contributed by atoms with Crippen molar-refractivity contribution in [2.75, 3.05) is 0 Å². The number of nitrogens with zero attached hydrogens (tertiary/aromatic N) is 2. The number of imidazole rings is 1. The molecule has 28 heavy (non-hydrogen) atoms. The highest BCUT2D eigenvalue weighted by Crippen LogP contribution is 2.40. The average molecular weight is 389 g/mol. The van der Waals surface area contributed by atoms with Gasteiger partial charge in [-0.15, -0.1) is 12.4 Å². The van der Waals surface area contributed by atoms with Gasteiger partial charge in [-0.25, -0.2) is 4.98 Å². The zero-order valence-corrected chi connectivity index (χ0v) is 16.0. The molecule has 3 N–H and O–H groups in total. The number of nitrogen functional groups attached to an aromatic ring is 1. The van der Waals surface area contributed by atoms with Gasteiger partial charge in [-0.2, -0.15) is 0 Å². The van der Waals surface area contributed by atoms with Gasteiger partial charge in [0.1, 0.15) is 17.1 Å². The van der Waals surface area contributed by atoms with E-state index in [1.807, 2.05) is 65.4 Å². The number of amidine groups is 1. The Labute approximate surface area is 170 Å². The molecule has 0 saturated heterocycles. The van der Waals surface area contributed by atoms with Crippen molar-refractivity contribution in [3.63, 3.8) is 0 Å². The van der Waals surface area contributed by atoms with Crippen LogP contribution in [0.2, 0.25) is 0 Å². The Morgan fingerprint density at radius 2 is 1.14 bits per heavy atom.